The van der Waals surface area contributed by atoms with Crippen molar-refractivity contribution in [2.75, 3.05) is 41.3 Å². The Labute approximate surface area is 162 Å². The first-order valence-corrected chi connectivity index (χ1v) is 9.02. The second-order valence-corrected chi connectivity index (χ2v) is 6.43. The lowest BCUT2D eigenvalue weighted by molar-refractivity contribution is 0.0697. The molecule has 0 atom stereocenters. The van der Waals surface area contributed by atoms with Crippen molar-refractivity contribution in [1.29, 1.82) is 0 Å². The van der Waals surface area contributed by atoms with E-state index in [1.54, 1.807) is 24.3 Å². The van der Waals surface area contributed by atoms with Crippen LogP contribution in [0, 0.1) is 0 Å². The third-order valence-electron chi connectivity index (χ3n) is 4.61. The number of carboxylic acids is 1. The molecule has 142 valence electrons. The fraction of sp³-hybridized carbons (Fsp3) is 0.200. The molecule has 0 bridgehead atoms. The molecule has 1 aliphatic heterocycles. The molecule has 0 spiro atoms. The predicted octanol–water partition coefficient (Wildman–Crippen LogP) is 2.64. The van der Waals surface area contributed by atoms with Crippen LogP contribution in [0.25, 0.3) is 0 Å². The highest BCUT2D eigenvalue weighted by molar-refractivity contribution is 5.89. The van der Waals surface area contributed by atoms with Gasteiger partial charge in [-0.3, -0.25) is 0 Å². The van der Waals surface area contributed by atoms with Gasteiger partial charge in [0.05, 0.1) is 5.56 Å². The van der Waals surface area contributed by atoms with Crippen LogP contribution in [0.3, 0.4) is 0 Å². The number of aromatic nitrogens is 3. The summed E-state index contributed by atoms with van der Waals surface area (Å²) in [6.45, 7) is 3.40. The van der Waals surface area contributed by atoms with Gasteiger partial charge in [0.2, 0.25) is 0 Å². The molecule has 2 N–H and O–H groups in total. The highest BCUT2D eigenvalue weighted by atomic mass is 16.4. The first-order valence-electron chi connectivity index (χ1n) is 9.02. The molecule has 1 aliphatic rings. The Morgan fingerprint density at radius 1 is 0.893 bits per heavy atom. The molecule has 2 aromatic heterocycles. The van der Waals surface area contributed by atoms with E-state index in [2.05, 4.69) is 30.1 Å². The van der Waals surface area contributed by atoms with Crippen molar-refractivity contribution in [3.8, 4) is 0 Å². The zero-order chi connectivity index (χ0) is 19.3. The number of nitrogens with one attached hydrogen (secondary N) is 1. The fourth-order valence-electron chi connectivity index (χ4n) is 3.17. The van der Waals surface area contributed by atoms with Crippen molar-refractivity contribution in [1.82, 2.24) is 15.0 Å². The largest absolute Gasteiger partial charge is 0.478 e. The number of carbonyl (C=O) groups is 1. The third-order valence-corrected chi connectivity index (χ3v) is 4.61. The van der Waals surface area contributed by atoms with E-state index in [9.17, 15) is 4.79 Å². The topological polar surface area (TPSA) is 94.5 Å². The van der Waals surface area contributed by atoms with Crippen LogP contribution in [0.1, 0.15) is 10.4 Å². The Kier molecular flexibility index (Phi) is 5.01. The van der Waals surface area contributed by atoms with Crippen LogP contribution in [0.5, 0.6) is 0 Å². The first kappa shape index (κ1) is 17.7. The number of aromatic carboxylic acids is 1. The molecule has 8 nitrogen and oxygen atoms in total. The summed E-state index contributed by atoms with van der Waals surface area (Å²) in [5.41, 5.74) is 0.898. The van der Waals surface area contributed by atoms with Gasteiger partial charge in [-0.05, 0) is 30.3 Å². The number of benzene rings is 1. The third kappa shape index (κ3) is 4.01. The van der Waals surface area contributed by atoms with E-state index in [4.69, 9.17) is 5.11 Å². The zero-order valence-corrected chi connectivity index (χ0v) is 15.2. The Morgan fingerprint density at radius 3 is 2.39 bits per heavy atom. The van der Waals surface area contributed by atoms with Crippen molar-refractivity contribution in [2.45, 2.75) is 0 Å². The summed E-state index contributed by atoms with van der Waals surface area (Å²) in [6, 6.07) is 14.5. The van der Waals surface area contributed by atoms with Crippen molar-refractivity contribution >= 4 is 29.1 Å². The van der Waals surface area contributed by atoms with Crippen molar-refractivity contribution in [3.63, 3.8) is 0 Å². The molecular formula is C20H20N6O2. The smallest absolute Gasteiger partial charge is 0.335 e. The Morgan fingerprint density at radius 2 is 1.68 bits per heavy atom. The van der Waals surface area contributed by atoms with Gasteiger partial charge < -0.3 is 20.2 Å². The van der Waals surface area contributed by atoms with Crippen LogP contribution in [0.2, 0.25) is 0 Å². The van der Waals surface area contributed by atoms with E-state index in [-0.39, 0.29) is 5.56 Å². The summed E-state index contributed by atoms with van der Waals surface area (Å²) >= 11 is 0. The van der Waals surface area contributed by atoms with Crippen molar-refractivity contribution in [2.24, 2.45) is 0 Å². The van der Waals surface area contributed by atoms with E-state index < -0.39 is 5.97 Å². The Hall–Kier alpha value is -3.68. The molecule has 4 rings (SSSR count). The molecule has 3 heterocycles. The zero-order valence-electron chi connectivity index (χ0n) is 15.2. The molecule has 1 fully saturated rings. The molecule has 8 heteroatoms. The van der Waals surface area contributed by atoms with E-state index in [1.165, 1.54) is 6.33 Å². The summed E-state index contributed by atoms with van der Waals surface area (Å²) in [5.74, 6) is 1.50. The number of pyridine rings is 1. The molecule has 3 aromatic rings. The molecule has 1 aromatic carbocycles. The van der Waals surface area contributed by atoms with Gasteiger partial charge in [0.1, 0.15) is 23.8 Å². The molecule has 28 heavy (non-hydrogen) atoms. The van der Waals surface area contributed by atoms with E-state index in [0.717, 1.165) is 37.8 Å². The average molecular weight is 376 g/mol. The second-order valence-electron chi connectivity index (χ2n) is 6.43. The van der Waals surface area contributed by atoms with Crippen molar-refractivity contribution < 1.29 is 9.90 Å². The van der Waals surface area contributed by atoms with E-state index >= 15 is 0 Å². The molecule has 1 saturated heterocycles. The van der Waals surface area contributed by atoms with Crippen LogP contribution in [0.15, 0.2) is 61.1 Å². The molecular weight excluding hydrogens is 356 g/mol. The minimum absolute atomic E-state index is 0.227. The first-order chi connectivity index (χ1) is 13.7. The number of hydrogen-bond acceptors (Lipinski definition) is 7. The van der Waals surface area contributed by atoms with Gasteiger partial charge in [0.15, 0.2) is 0 Å². The number of hydrogen-bond donors (Lipinski definition) is 2. The van der Waals surface area contributed by atoms with Crippen molar-refractivity contribution in [3.05, 3.63) is 66.6 Å². The maximum absolute atomic E-state index is 11.1. The van der Waals surface area contributed by atoms with Gasteiger partial charge >= 0.3 is 5.97 Å². The number of rotatable bonds is 5. The predicted molar refractivity (Wildman–Crippen MR) is 107 cm³/mol. The quantitative estimate of drug-likeness (QED) is 0.702. The molecule has 0 saturated carbocycles. The minimum Gasteiger partial charge on any atom is -0.478 e. The van der Waals surface area contributed by atoms with Gasteiger partial charge in [-0.25, -0.2) is 19.7 Å². The minimum atomic E-state index is -0.960. The lowest BCUT2D eigenvalue weighted by atomic mass is 10.2. The molecule has 0 radical (unpaired) electrons. The SMILES string of the molecule is O=C(O)c1cccc(Nc2cc(N3CCN(c4ccccn4)CC3)ncn2)c1. The lowest BCUT2D eigenvalue weighted by Gasteiger charge is -2.36. The lowest BCUT2D eigenvalue weighted by Crippen LogP contribution is -2.47. The van der Waals surface area contributed by atoms with E-state index in [0.29, 0.717) is 11.5 Å². The average Bonchev–Trinajstić information content (AvgIpc) is 2.75. The maximum Gasteiger partial charge on any atom is 0.335 e. The Bertz CT molecular complexity index is 958. The fourth-order valence-corrected chi connectivity index (χ4v) is 3.17. The van der Waals surface area contributed by atoms with Crippen LogP contribution >= 0.6 is 0 Å². The van der Waals surface area contributed by atoms with Crippen LogP contribution < -0.4 is 15.1 Å². The molecule has 0 unspecified atom stereocenters. The van der Waals surface area contributed by atoms with Crippen LogP contribution in [-0.4, -0.2) is 52.2 Å². The monoisotopic (exact) mass is 376 g/mol. The number of piperazine rings is 1. The maximum atomic E-state index is 11.1. The summed E-state index contributed by atoms with van der Waals surface area (Å²) in [7, 11) is 0. The summed E-state index contributed by atoms with van der Waals surface area (Å²) in [4.78, 5) is 28.6. The normalized spacial score (nSPS) is 14.0. The molecule has 0 aliphatic carbocycles. The Balaban J connectivity index is 1.43. The second kappa shape index (κ2) is 7.91. The molecule has 0 amide bonds. The van der Waals surface area contributed by atoms with Crippen LogP contribution in [-0.2, 0) is 0 Å². The number of anilines is 4. The number of carboxylic acid groups (broad SMARTS) is 1. The van der Waals surface area contributed by atoms with Gasteiger partial charge in [-0.1, -0.05) is 12.1 Å². The van der Waals surface area contributed by atoms with Crippen LogP contribution in [0.4, 0.5) is 23.1 Å². The van der Waals surface area contributed by atoms with E-state index in [1.807, 2.05) is 30.5 Å². The summed E-state index contributed by atoms with van der Waals surface area (Å²) in [6.07, 6.45) is 3.33. The number of nitrogens with zero attached hydrogens (tertiary/aromatic N) is 5. The summed E-state index contributed by atoms with van der Waals surface area (Å²) < 4.78 is 0. The standard InChI is InChI=1S/C20H20N6O2/c27-20(28)15-4-3-5-16(12-15)24-17-13-19(23-14-22-17)26-10-8-25(9-11-26)18-6-1-2-7-21-18/h1-7,12-14H,8-11H2,(H,27,28)(H,22,23,24). The van der Waals surface area contributed by atoms with Gasteiger partial charge in [0.25, 0.3) is 0 Å². The highest BCUT2D eigenvalue weighted by Gasteiger charge is 2.19. The van der Waals surface area contributed by atoms with Gasteiger partial charge in [-0.15, -0.1) is 0 Å². The van der Waals surface area contributed by atoms with Gasteiger partial charge in [-0.2, -0.15) is 0 Å². The van der Waals surface area contributed by atoms with Gasteiger partial charge in [0, 0.05) is 44.1 Å². The highest BCUT2D eigenvalue weighted by Crippen LogP contribution is 2.21. The summed E-state index contributed by atoms with van der Waals surface area (Å²) in [5, 5.41) is 12.3.